The highest BCUT2D eigenvalue weighted by atomic mass is 35.5. The van der Waals surface area contributed by atoms with E-state index >= 15 is 0 Å². The average molecular weight is 400 g/mol. The van der Waals surface area contributed by atoms with Crippen molar-refractivity contribution in [1.82, 2.24) is 4.57 Å². The highest BCUT2D eigenvalue weighted by Crippen LogP contribution is 2.25. The Hall–Kier alpha value is -2.66. The van der Waals surface area contributed by atoms with Crippen LogP contribution in [0.3, 0.4) is 0 Å². The molecular weight excluding hydrogens is 377 g/mol. The number of carbonyl (C=O) groups excluding carboxylic acids is 1. The van der Waals surface area contributed by atoms with E-state index in [4.69, 9.17) is 0 Å². The Labute approximate surface area is 170 Å². The number of amides is 1. The van der Waals surface area contributed by atoms with E-state index in [0.29, 0.717) is 0 Å². The first kappa shape index (κ1) is 20.1. The summed E-state index contributed by atoms with van der Waals surface area (Å²) in [4.78, 5) is 12.6. The second kappa shape index (κ2) is 8.57. The molecule has 1 aliphatic rings. The first-order chi connectivity index (χ1) is 13.2. The summed E-state index contributed by atoms with van der Waals surface area (Å²) in [6.07, 6.45) is 4.89. The Balaban J connectivity index is 0.00000225. The summed E-state index contributed by atoms with van der Waals surface area (Å²) in [5, 5.41) is 3.04. The molecule has 1 aliphatic heterocycles. The van der Waals surface area contributed by atoms with Gasteiger partial charge >= 0.3 is 0 Å². The molecule has 3 aromatic rings. The molecule has 2 aromatic carbocycles. The van der Waals surface area contributed by atoms with E-state index in [1.54, 1.807) is 12.1 Å². The fourth-order valence-corrected chi connectivity index (χ4v) is 3.79. The predicted molar refractivity (Wildman–Crippen MR) is 103 cm³/mol. The van der Waals surface area contributed by atoms with Gasteiger partial charge in [-0.1, -0.05) is 25.1 Å². The fraction of sp³-hybridized carbons (Fsp3) is 0.273. The van der Waals surface area contributed by atoms with Gasteiger partial charge in [0.1, 0.15) is 12.0 Å². The Morgan fingerprint density at radius 2 is 1.93 bits per heavy atom. The summed E-state index contributed by atoms with van der Waals surface area (Å²) in [5.74, 6) is 0.869. The van der Waals surface area contributed by atoms with Crippen LogP contribution in [0.1, 0.15) is 24.7 Å². The molecule has 0 unspecified atom stereocenters. The van der Waals surface area contributed by atoms with Crippen LogP contribution in [-0.2, 0) is 30.7 Å². The topological polar surface area (TPSA) is 37.9 Å². The van der Waals surface area contributed by atoms with E-state index in [2.05, 4.69) is 16.8 Å². The standard InChI is InChI=1S/C22H22FN3O.ClH/c1-2-16-6-3-4-7-19(16)24-21(27)15-25-14-20(26-13-5-8-22(25)26)17-9-11-18(23)12-10-17;/h3-4,6-7,9-12,14H,2,5,8,13,15H2,1H3;1H. The van der Waals surface area contributed by atoms with Crippen molar-refractivity contribution >= 4 is 11.6 Å². The Morgan fingerprint density at radius 3 is 2.68 bits per heavy atom. The van der Waals surface area contributed by atoms with Crippen LogP contribution in [-0.4, -0.2) is 10.5 Å². The largest absolute Gasteiger partial charge is 1.00 e. The van der Waals surface area contributed by atoms with E-state index in [1.165, 1.54) is 12.1 Å². The number of benzene rings is 2. The molecule has 1 aromatic heterocycles. The second-order valence-electron chi connectivity index (χ2n) is 6.88. The average Bonchev–Trinajstić information content (AvgIpc) is 3.27. The Kier molecular flexibility index (Phi) is 6.15. The predicted octanol–water partition coefficient (Wildman–Crippen LogP) is 0.733. The van der Waals surface area contributed by atoms with Crippen molar-refractivity contribution in [2.75, 3.05) is 5.32 Å². The normalized spacial score (nSPS) is 12.4. The number of carbonyl (C=O) groups is 1. The van der Waals surface area contributed by atoms with Crippen molar-refractivity contribution in [1.29, 1.82) is 0 Å². The van der Waals surface area contributed by atoms with Gasteiger partial charge in [0, 0.05) is 11.3 Å². The molecule has 1 amide bonds. The summed E-state index contributed by atoms with van der Waals surface area (Å²) < 4.78 is 17.5. The van der Waals surface area contributed by atoms with E-state index in [0.717, 1.165) is 54.1 Å². The number of halogens is 2. The van der Waals surface area contributed by atoms with Gasteiger partial charge in [0.25, 0.3) is 11.7 Å². The van der Waals surface area contributed by atoms with Crippen molar-refractivity contribution in [2.24, 2.45) is 0 Å². The van der Waals surface area contributed by atoms with Crippen molar-refractivity contribution < 1.29 is 26.2 Å². The van der Waals surface area contributed by atoms with E-state index in [1.807, 2.05) is 35.0 Å². The monoisotopic (exact) mass is 399 g/mol. The van der Waals surface area contributed by atoms with Gasteiger partial charge in [0.05, 0.1) is 13.0 Å². The van der Waals surface area contributed by atoms with Crippen LogP contribution in [0.4, 0.5) is 10.1 Å². The highest BCUT2D eigenvalue weighted by Gasteiger charge is 2.29. The number of nitrogens with zero attached hydrogens (tertiary/aromatic N) is 2. The second-order valence-corrected chi connectivity index (χ2v) is 6.88. The van der Waals surface area contributed by atoms with Crippen LogP contribution in [0.5, 0.6) is 0 Å². The summed E-state index contributed by atoms with van der Waals surface area (Å²) in [6, 6.07) is 14.4. The molecule has 4 rings (SSSR count). The number of aryl methyl sites for hydroxylation is 1. The van der Waals surface area contributed by atoms with Crippen LogP contribution < -0.4 is 22.3 Å². The number of anilines is 1. The third-order valence-electron chi connectivity index (χ3n) is 5.12. The van der Waals surface area contributed by atoms with Gasteiger partial charge in [0.15, 0.2) is 12.2 Å². The van der Waals surface area contributed by atoms with E-state index in [-0.39, 0.29) is 30.7 Å². The molecule has 0 aliphatic carbocycles. The van der Waals surface area contributed by atoms with Crippen molar-refractivity contribution in [3.05, 3.63) is 71.9 Å². The lowest BCUT2D eigenvalue weighted by molar-refractivity contribution is -0.690. The molecule has 4 nitrogen and oxygen atoms in total. The lowest BCUT2D eigenvalue weighted by Gasteiger charge is -2.08. The summed E-state index contributed by atoms with van der Waals surface area (Å²) >= 11 is 0. The maximum absolute atomic E-state index is 13.3. The number of rotatable bonds is 5. The molecule has 146 valence electrons. The van der Waals surface area contributed by atoms with Crippen molar-refractivity contribution in [3.63, 3.8) is 0 Å². The SMILES string of the molecule is CCc1ccccc1NC(=O)C[n+]1cc(-c2ccc(F)cc2)n2c1CCC2.[Cl-]. The Morgan fingerprint density at radius 1 is 1.18 bits per heavy atom. The van der Waals surface area contributed by atoms with Crippen LogP contribution in [0.25, 0.3) is 11.3 Å². The number of para-hydroxylation sites is 1. The molecule has 0 spiro atoms. The van der Waals surface area contributed by atoms with Gasteiger partial charge in [-0.25, -0.2) is 13.5 Å². The molecule has 0 fully saturated rings. The molecule has 2 heterocycles. The third-order valence-corrected chi connectivity index (χ3v) is 5.12. The number of nitrogens with one attached hydrogen (secondary N) is 1. The molecule has 0 saturated heterocycles. The zero-order chi connectivity index (χ0) is 18.8. The number of aromatic nitrogens is 2. The van der Waals surface area contributed by atoms with Gasteiger partial charge in [-0.3, -0.25) is 4.79 Å². The van der Waals surface area contributed by atoms with Crippen LogP contribution in [0.2, 0.25) is 0 Å². The minimum Gasteiger partial charge on any atom is -1.00 e. The van der Waals surface area contributed by atoms with Gasteiger partial charge in [0.2, 0.25) is 0 Å². The molecule has 28 heavy (non-hydrogen) atoms. The maximum Gasteiger partial charge on any atom is 0.266 e. The van der Waals surface area contributed by atoms with E-state index < -0.39 is 0 Å². The molecule has 0 radical (unpaired) electrons. The third kappa shape index (κ3) is 3.94. The van der Waals surface area contributed by atoms with Crippen LogP contribution in [0, 0.1) is 5.82 Å². The van der Waals surface area contributed by atoms with Gasteiger partial charge in [-0.15, -0.1) is 0 Å². The van der Waals surface area contributed by atoms with Gasteiger partial charge in [-0.2, -0.15) is 0 Å². The molecule has 0 bridgehead atoms. The van der Waals surface area contributed by atoms with Crippen LogP contribution in [0.15, 0.2) is 54.7 Å². The number of imidazole rings is 1. The summed E-state index contributed by atoms with van der Waals surface area (Å²) in [5.41, 5.74) is 4.00. The molecule has 0 saturated carbocycles. The number of hydrogen-bond acceptors (Lipinski definition) is 1. The first-order valence-corrected chi connectivity index (χ1v) is 9.41. The van der Waals surface area contributed by atoms with Crippen LogP contribution >= 0.6 is 0 Å². The first-order valence-electron chi connectivity index (χ1n) is 9.41. The smallest absolute Gasteiger partial charge is 0.266 e. The number of fused-ring (bicyclic) bond motifs is 1. The minimum atomic E-state index is -0.242. The molecule has 0 atom stereocenters. The zero-order valence-corrected chi connectivity index (χ0v) is 16.5. The van der Waals surface area contributed by atoms with Crippen molar-refractivity contribution in [2.45, 2.75) is 39.3 Å². The zero-order valence-electron chi connectivity index (χ0n) is 15.8. The summed E-state index contributed by atoms with van der Waals surface area (Å²) in [6.45, 7) is 3.28. The van der Waals surface area contributed by atoms with Gasteiger partial charge < -0.3 is 17.7 Å². The summed E-state index contributed by atoms with van der Waals surface area (Å²) in [7, 11) is 0. The highest BCUT2D eigenvalue weighted by molar-refractivity contribution is 5.90. The van der Waals surface area contributed by atoms with Gasteiger partial charge in [-0.05, 0) is 48.7 Å². The maximum atomic E-state index is 13.3. The molecule has 6 heteroatoms. The molecule has 1 N–H and O–H groups in total. The lowest BCUT2D eigenvalue weighted by Crippen LogP contribution is -3.00. The number of hydrogen-bond donors (Lipinski definition) is 1. The van der Waals surface area contributed by atoms with Crippen molar-refractivity contribution in [3.8, 4) is 11.3 Å². The minimum absolute atomic E-state index is 0. The quantitative estimate of drug-likeness (QED) is 0.631. The Bertz CT molecular complexity index is 982. The molecular formula is C22H23ClFN3O. The fourth-order valence-electron chi connectivity index (χ4n) is 3.79. The van der Waals surface area contributed by atoms with E-state index in [9.17, 15) is 9.18 Å². The lowest BCUT2D eigenvalue weighted by atomic mass is 10.1.